The monoisotopic (exact) mass is 239 g/mol. The zero-order valence-corrected chi connectivity index (χ0v) is 11.1. The van der Waals surface area contributed by atoms with Gasteiger partial charge in [-0.1, -0.05) is 6.92 Å². The molecule has 0 radical (unpaired) electrons. The summed E-state index contributed by atoms with van der Waals surface area (Å²) in [5.41, 5.74) is 5.79. The molecule has 1 saturated carbocycles. The molecule has 1 aliphatic carbocycles. The number of carbonyl (C=O) groups is 1. The van der Waals surface area contributed by atoms with E-state index in [1.807, 2.05) is 18.7 Å². The molecule has 2 unspecified atom stereocenters. The lowest BCUT2D eigenvalue weighted by Gasteiger charge is -2.36. The summed E-state index contributed by atoms with van der Waals surface area (Å²) >= 11 is 0. The van der Waals surface area contributed by atoms with E-state index in [1.165, 1.54) is 19.4 Å². The largest absolute Gasteiger partial charge is 0.340 e. The minimum atomic E-state index is -0.0509. The van der Waals surface area contributed by atoms with E-state index in [0.717, 1.165) is 32.1 Å². The van der Waals surface area contributed by atoms with Crippen LogP contribution in [-0.2, 0) is 4.79 Å². The summed E-state index contributed by atoms with van der Waals surface area (Å²) in [7, 11) is 0. The predicted molar refractivity (Wildman–Crippen MR) is 68.6 cm³/mol. The lowest BCUT2D eigenvalue weighted by molar-refractivity contribution is -0.137. The molecule has 2 aliphatic rings. The zero-order valence-electron chi connectivity index (χ0n) is 11.1. The molecule has 4 heteroatoms. The standard InChI is InChI=1S/C13H25N3O/c1-10(11(2)14)13(17)16-7-5-15(6-8-16)9-12-3-4-12/h10-12H,3-9,14H2,1-2H3. The molecule has 0 aromatic heterocycles. The van der Waals surface area contributed by atoms with Gasteiger partial charge in [0.2, 0.25) is 5.91 Å². The third-order valence-corrected chi connectivity index (χ3v) is 4.08. The third kappa shape index (κ3) is 3.42. The van der Waals surface area contributed by atoms with E-state index in [4.69, 9.17) is 5.73 Å². The molecule has 2 N–H and O–H groups in total. The van der Waals surface area contributed by atoms with Crippen LogP contribution in [0.4, 0.5) is 0 Å². The van der Waals surface area contributed by atoms with E-state index in [0.29, 0.717) is 0 Å². The summed E-state index contributed by atoms with van der Waals surface area (Å²) < 4.78 is 0. The molecule has 0 aromatic carbocycles. The SMILES string of the molecule is CC(N)C(C)C(=O)N1CCN(CC2CC2)CC1. The Labute approximate surface area is 104 Å². The molecule has 17 heavy (non-hydrogen) atoms. The Morgan fingerprint density at radius 1 is 1.24 bits per heavy atom. The number of nitrogens with zero attached hydrogens (tertiary/aromatic N) is 2. The molecule has 98 valence electrons. The molecule has 0 spiro atoms. The van der Waals surface area contributed by atoms with Crippen LogP contribution in [0.1, 0.15) is 26.7 Å². The first-order valence-corrected chi connectivity index (χ1v) is 6.84. The minimum Gasteiger partial charge on any atom is -0.340 e. The van der Waals surface area contributed by atoms with E-state index >= 15 is 0 Å². The molecular weight excluding hydrogens is 214 g/mol. The van der Waals surface area contributed by atoms with Crippen molar-refractivity contribution < 1.29 is 4.79 Å². The van der Waals surface area contributed by atoms with Gasteiger partial charge in [-0.2, -0.15) is 0 Å². The summed E-state index contributed by atoms with van der Waals surface area (Å²) in [5.74, 6) is 1.12. The molecule has 1 saturated heterocycles. The van der Waals surface area contributed by atoms with Crippen LogP contribution in [0.2, 0.25) is 0 Å². The highest BCUT2D eigenvalue weighted by molar-refractivity contribution is 5.79. The van der Waals surface area contributed by atoms with Gasteiger partial charge in [-0.05, 0) is 25.7 Å². The summed E-state index contributed by atoms with van der Waals surface area (Å²) in [6, 6.07) is -0.0491. The quantitative estimate of drug-likeness (QED) is 0.778. The molecule has 2 rings (SSSR count). The van der Waals surface area contributed by atoms with Crippen LogP contribution in [0.3, 0.4) is 0 Å². The highest BCUT2D eigenvalue weighted by Gasteiger charge is 2.29. The Morgan fingerprint density at radius 3 is 2.29 bits per heavy atom. The third-order valence-electron chi connectivity index (χ3n) is 4.08. The molecule has 4 nitrogen and oxygen atoms in total. The van der Waals surface area contributed by atoms with E-state index in [9.17, 15) is 4.79 Å². The van der Waals surface area contributed by atoms with Crippen LogP contribution < -0.4 is 5.73 Å². The van der Waals surface area contributed by atoms with Crippen molar-refractivity contribution in [3.05, 3.63) is 0 Å². The van der Waals surface area contributed by atoms with Crippen molar-refractivity contribution in [3.8, 4) is 0 Å². The topological polar surface area (TPSA) is 49.6 Å². The number of amides is 1. The second kappa shape index (κ2) is 5.36. The highest BCUT2D eigenvalue weighted by atomic mass is 16.2. The van der Waals surface area contributed by atoms with Gasteiger partial charge in [-0.25, -0.2) is 0 Å². The van der Waals surface area contributed by atoms with Gasteiger partial charge in [0.25, 0.3) is 0 Å². The van der Waals surface area contributed by atoms with Crippen molar-refractivity contribution in [2.75, 3.05) is 32.7 Å². The van der Waals surface area contributed by atoms with E-state index in [1.54, 1.807) is 0 Å². The first-order chi connectivity index (χ1) is 8.08. The number of rotatable bonds is 4. The average Bonchev–Trinajstić information content (AvgIpc) is 3.12. The van der Waals surface area contributed by atoms with Crippen LogP contribution in [0.15, 0.2) is 0 Å². The van der Waals surface area contributed by atoms with Crippen LogP contribution in [0, 0.1) is 11.8 Å². The fourth-order valence-electron chi connectivity index (χ4n) is 2.33. The van der Waals surface area contributed by atoms with Gasteiger partial charge < -0.3 is 10.6 Å². The number of hydrogen-bond donors (Lipinski definition) is 1. The molecule has 1 amide bonds. The Balaban J connectivity index is 1.75. The van der Waals surface area contributed by atoms with Gasteiger partial charge in [0.1, 0.15) is 0 Å². The fourth-order valence-corrected chi connectivity index (χ4v) is 2.33. The average molecular weight is 239 g/mol. The van der Waals surface area contributed by atoms with Crippen molar-refractivity contribution in [1.29, 1.82) is 0 Å². The van der Waals surface area contributed by atoms with Crippen molar-refractivity contribution in [2.45, 2.75) is 32.7 Å². The van der Waals surface area contributed by atoms with Gasteiger partial charge in [0.15, 0.2) is 0 Å². The van der Waals surface area contributed by atoms with E-state index in [-0.39, 0.29) is 17.9 Å². The Morgan fingerprint density at radius 2 is 1.82 bits per heavy atom. The second-order valence-electron chi connectivity index (χ2n) is 5.72. The first-order valence-electron chi connectivity index (χ1n) is 6.84. The van der Waals surface area contributed by atoms with Gasteiger partial charge in [-0.3, -0.25) is 9.69 Å². The van der Waals surface area contributed by atoms with Gasteiger partial charge in [-0.15, -0.1) is 0 Å². The second-order valence-corrected chi connectivity index (χ2v) is 5.72. The van der Waals surface area contributed by atoms with Crippen LogP contribution in [-0.4, -0.2) is 54.5 Å². The van der Waals surface area contributed by atoms with Crippen molar-refractivity contribution in [2.24, 2.45) is 17.6 Å². The summed E-state index contributed by atoms with van der Waals surface area (Å²) in [5, 5.41) is 0. The molecular formula is C13H25N3O. The smallest absolute Gasteiger partial charge is 0.227 e. The highest BCUT2D eigenvalue weighted by Crippen LogP contribution is 2.29. The molecule has 0 aromatic rings. The maximum Gasteiger partial charge on any atom is 0.227 e. The maximum atomic E-state index is 12.1. The Bertz CT molecular complexity index is 268. The fraction of sp³-hybridized carbons (Fsp3) is 0.923. The predicted octanol–water partition coefficient (Wildman–Crippen LogP) is 0.524. The van der Waals surface area contributed by atoms with Gasteiger partial charge in [0, 0.05) is 38.8 Å². The summed E-state index contributed by atoms with van der Waals surface area (Å²) in [4.78, 5) is 16.6. The molecule has 1 aliphatic heterocycles. The van der Waals surface area contributed by atoms with Gasteiger partial charge >= 0.3 is 0 Å². The van der Waals surface area contributed by atoms with Gasteiger partial charge in [0.05, 0.1) is 5.92 Å². The van der Waals surface area contributed by atoms with Crippen molar-refractivity contribution in [1.82, 2.24) is 9.80 Å². The molecule has 2 atom stereocenters. The zero-order chi connectivity index (χ0) is 12.4. The van der Waals surface area contributed by atoms with E-state index in [2.05, 4.69) is 4.90 Å². The van der Waals surface area contributed by atoms with Crippen molar-refractivity contribution >= 4 is 5.91 Å². The Hall–Kier alpha value is -0.610. The number of piperazine rings is 1. The summed E-state index contributed by atoms with van der Waals surface area (Å²) in [6.07, 6.45) is 2.81. The van der Waals surface area contributed by atoms with Crippen LogP contribution >= 0.6 is 0 Å². The van der Waals surface area contributed by atoms with Crippen LogP contribution in [0.5, 0.6) is 0 Å². The minimum absolute atomic E-state index is 0.0491. The lowest BCUT2D eigenvalue weighted by Crippen LogP contribution is -2.52. The number of nitrogens with two attached hydrogens (primary N) is 1. The number of carbonyl (C=O) groups excluding carboxylic acids is 1. The summed E-state index contributed by atoms with van der Waals surface area (Å²) in [6.45, 7) is 8.91. The maximum absolute atomic E-state index is 12.1. The van der Waals surface area contributed by atoms with Crippen molar-refractivity contribution in [3.63, 3.8) is 0 Å². The number of hydrogen-bond acceptors (Lipinski definition) is 3. The van der Waals surface area contributed by atoms with Crippen LogP contribution in [0.25, 0.3) is 0 Å². The molecule has 1 heterocycles. The molecule has 0 bridgehead atoms. The molecule has 2 fully saturated rings. The Kier molecular flexibility index (Phi) is 4.05. The lowest BCUT2D eigenvalue weighted by atomic mass is 10.0. The van der Waals surface area contributed by atoms with E-state index < -0.39 is 0 Å². The first kappa shape index (κ1) is 12.8. The normalized spacial score (nSPS) is 25.7.